The SMILES string of the molecule is Cc1cccnc1Nc1nc(-c2cc(OC(C)C)c(C(F)(F)F)cn2)ns1. The van der Waals surface area contributed by atoms with Gasteiger partial charge in [0.1, 0.15) is 22.8 Å². The van der Waals surface area contributed by atoms with E-state index in [1.54, 1.807) is 20.0 Å². The molecule has 1 N–H and O–H groups in total. The maximum Gasteiger partial charge on any atom is 0.421 e. The van der Waals surface area contributed by atoms with Crippen LogP contribution in [0.15, 0.2) is 30.6 Å². The van der Waals surface area contributed by atoms with Crippen LogP contribution in [0.4, 0.5) is 24.1 Å². The molecule has 0 atom stereocenters. The second-order valence-electron chi connectivity index (χ2n) is 5.95. The summed E-state index contributed by atoms with van der Waals surface area (Å²) in [6.07, 6.45) is -2.60. The number of pyridine rings is 2. The fourth-order valence-corrected chi connectivity index (χ4v) is 2.80. The molecule has 3 aromatic rings. The van der Waals surface area contributed by atoms with Gasteiger partial charge in [-0.1, -0.05) is 6.07 Å². The highest BCUT2D eigenvalue weighted by Gasteiger charge is 2.35. The summed E-state index contributed by atoms with van der Waals surface area (Å²) in [6, 6.07) is 4.92. The lowest BCUT2D eigenvalue weighted by Gasteiger charge is -2.16. The van der Waals surface area contributed by atoms with Crippen molar-refractivity contribution in [1.29, 1.82) is 0 Å². The Balaban J connectivity index is 1.91. The molecule has 0 radical (unpaired) electrons. The summed E-state index contributed by atoms with van der Waals surface area (Å²) in [6.45, 7) is 5.20. The molecule has 27 heavy (non-hydrogen) atoms. The molecular formula is C17H16F3N5OS. The molecule has 0 aliphatic heterocycles. The highest BCUT2D eigenvalue weighted by molar-refractivity contribution is 7.09. The molecule has 3 aromatic heterocycles. The lowest BCUT2D eigenvalue weighted by molar-refractivity contribution is -0.139. The molecule has 3 rings (SSSR count). The Labute approximate surface area is 157 Å². The van der Waals surface area contributed by atoms with Gasteiger partial charge >= 0.3 is 6.18 Å². The number of hydrogen-bond acceptors (Lipinski definition) is 7. The van der Waals surface area contributed by atoms with Crippen LogP contribution < -0.4 is 10.1 Å². The van der Waals surface area contributed by atoms with Crippen molar-refractivity contribution in [2.24, 2.45) is 0 Å². The lowest BCUT2D eigenvalue weighted by atomic mass is 10.2. The summed E-state index contributed by atoms with van der Waals surface area (Å²) in [5.41, 5.74) is 0.188. The van der Waals surface area contributed by atoms with Gasteiger partial charge in [0.2, 0.25) is 5.13 Å². The van der Waals surface area contributed by atoms with E-state index in [0.29, 0.717) is 10.9 Å². The molecule has 0 saturated carbocycles. The Morgan fingerprint density at radius 2 is 2.00 bits per heavy atom. The topological polar surface area (TPSA) is 72.8 Å². The molecule has 0 amide bonds. The van der Waals surface area contributed by atoms with Crippen LogP contribution >= 0.6 is 11.5 Å². The number of nitrogens with zero attached hydrogens (tertiary/aromatic N) is 4. The molecule has 0 bridgehead atoms. The summed E-state index contributed by atoms with van der Waals surface area (Å²) < 4.78 is 48.9. The maximum atomic E-state index is 13.2. The minimum atomic E-state index is -4.56. The fraction of sp³-hybridized carbons (Fsp3) is 0.294. The van der Waals surface area contributed by atoms with Crippen molar-refractivity contribution in [3.05, 3.63) is 41.7 Å². The molecular weight excluding hydrogens is 379 g/mol. The van der Waals surface area contributed by atoms with E-state index in [0.717, 1.165) is 23.3 Å². The predicted octanol–water partition coefficient (Wildman–Crippen LogP) is 4.85. The molecule has 0 fully saturated rings. The average molecular weight is 395 g/mol. The number of rotatable bonds is 5. The summed E-state index contributed by atoms with van der Waals surface area (Å²) in [5.74, 6) is 0.537. The fourth-order valence-electron chi connectivity index (χ4n) is 2.22. The van der Waals surface area contributed by atoms with Gasteiger partial charge in [-0.25, -0.2) is 4.98 Å². The number of hydrogen-bond donors (Lipinski definition) is 1. The molecule has 3 heterocycles. The zero-order valence-corrected chi connectivity index (χ0v) is 15.5. The third-order valence-corrected chi connectivity index (χ3v) is 4.05. The van der Waals surface area contributed by atoms with Crippen LogP contribution in [0, 0.1) is 6.92 Å². The van der Waals surface area contributed by atoms with E-state index in [9.17, 15) is 13.2 Å². The van der Waals surface area contributed by atoms with Crippen LogP contribution in [0.3, 0.4) is 0 Å². The average Bonchev–Trinajstić information content (AvgIpc) is 3.04. The van der Waals surface area contributed by atoms with Gasteiger partial charge in [0.05, 0.1) is 6.10 Å². The summed E-state index contributed by atoms with van der Waals surface area (Å²) in [5, 5.41) is 3.50. The summed E-state index contributed by atoms with van der Waals surface area (Å²) in [4.78, 5) is 12.4. The van der Waals surface area contributed by atoms with Crippen LogP contribution in [0.5, 0.6) is 5.75 Å². The first-order valence-corrected chi connectivity index (χ1v) is 8.78. The Kier molecular flexibility index (Phi) is 5.26. The molecule has 0 aliphatic rings. The number of ether oxygens (including phenoxy) is 1. The van der Waals surface area contributed by atoms with Crippen LogP contribution in [0.2, 0.25) is 0 Å². The quantitative estimate of drug-likeness (QED) is 0.666. The van der Waals surface area contributed by atoms with Crippen molar-refractivity contribution in [3.63, 3.8) is 0 Å². The van der Waals surface area contributed by atoms with E-state index in [1.165, 1.54) is 6.07 Å². The van der Waals surface area contributed by atoms with Gasteiger partial charge in [-0.3, -0.25) is 4.98 Å². The lowest BCUT2D eigenvalue weighted by Crippen LogP contribution is -2.13. The van der Waals surface area contributed by atoms with E-state index in [-0.39, 0.29) is 17.3 Å². The first kappa shape index (κ1) is 19.0. The summed E-state index contributed by atoms with van der Waals surface area (Å²) >= 11 is 1.06. The second-order valence-corrected chi connectivity index (χ2v) is 6.70. The maximum absolute atomic E-state index is 13.2. The van der Waals surface area contributed by atoms with Crippen molar-refractivity contribution in [2.45, 2.75) is 33.1 Å². The van der Waals surface area contributed by atoms with Gasteiger partial charge in [0.25, 0.3) is 0 Å². The Morgan fingerprint density at radius 1 is 1.22 bits per heavy atom. The number of halogens is 3. The Bertz CT molecular complexity index is 942. The number of nitrogens with one attached hydrogen (secondary N) is 1. The third-order valence-electron chi connectivity index (χ3n) is 3.42. The van der Waals surface area contributed by atoms with Gasteiger partial charge in [-0.05, 0) is 32.4 Å². The molecule has 0 spiro atoms. The minimum Gasteiger partial charge on any atom is -0.490 e. The standard InChI is InChI=1S/C17H16F3N5OS/c1-9(2)26-13-7-12(22-8-11(13)17(18,19)20)15-24-16(27-25-15)23-14-10(3)5-4-6-21-14/h4-9H,1-3H3,(H,21,23,24,25). The molecule has 6 nitrogen and oxygen atoms in total. The van der Waals surface area contributed by atoms with E-state index in [4.69, 9.17) is 4.74 Å². The summed E-state index contributed by atoms with van der Waals surface area (Å²) in [7, 11) is 0. The third kappa shape index (κ3) is 4.51. The number of aryl methyl sites for hydroxylation is 1. The molecule has 0 aromatic carbocycles. The van der Waals surface area contributed by atoms with E-state index in [2.05, 4.69) is 24.6 Å². The highest BCUT2D eigenvalue weighted by Crippen LogP contribution is 2.38. The van der Waals surface area contributed by atoms with Crippen molar-refractivity contribution in [2.75, 3.05) is 5.32 Å². The Morgan fingerprint density at radius 3 is 2.67 bits per heavy atom. The zero-order chi connectivity index (χ0) is 19.6. The highest BCUT2D eigenvalue weighted by atomic mass is 32.1. The Hall–Kier alpha value is -2.75. The van der Waals surface area contributed by atoms with E-state index < -0.39 is 17.8 Å². The van der Waals surface area contributed by atoms with E-state index >= 15 is 0 Å². The van der Waals surface area contributed by atoms with Crippen molar-refractivity contribution < 1.29 is 17.9 Å². The van der Waals surface area contributed by atoms with Gasteiger partial charge in [-0.15, -0.1) is 0 Å². The van der Waals surface area contributed by atoms with E-state index in [1.807, 2.05) is 19.1 Å². The second kappa shape index (κ2) is 7.47. The molecule has 10 heteroatoms. The largest absolute Gasteiger partial charge is 0.490 e. The van der Waals surface area contributed by atoms with Crippen LogP contribution in [-0.2, 0) is 6.18 Å². The van der Waals surface area contributed by atoms with Crippen LogP contribution in [-0.4, -0.2) is 25.4 Å². The zero-order valence-electron chi connectivity index (χ0n) is 14.7. The van der Waals surface area contributed by atoms with Gasteiger partial charge in [0.15, 0.2) is 5.82 Å². The van der Waals surface area contributed by atoms with Gasteiger partial charge < -0.3 is 10.1 Å². The molecule has 0 unspecified atom stereocenters. The van der Waals surface area contributed by atoms with Crippen molar-refractivity contribution in [3.8, 4) is 17.3 Å². The predicted molar refractivity (Wildman–Crippen MR) is 96.2 cm³/mol. The van der Waals surface area contributed by atoms with Crippen LogP contribution in [0.25, 0.3) is 11.5 Å². The number of aromatic nitrogens is 4. The first-order valence-electron chi connectivity index (χ1n) is 8.00. The first-order chi connectivity index (χ1) is 12.7. The number of alkyl halides is 3. The normalized spacial score (nSPS) is 11.7. The van der Waals surface area contributed by atoms with Crippen molar-refractivity contribution >= 4 is 22.5 Å². The molecule has 0 aliphatic carbocycles. The van der Waals surface area contributed by atoms with Crippen molar-refractivity contribution in [1.82, 2.24) is 19.3 Å². The molecule has 142 valence electrons. The smallest absolute Gasteiger partial charge is 0.421 e. The monoisotopic (exact) mass is 395 g/mol. The van der Waals surface area contributed by atoms with Gasteiger partial charge in [0, 0.05) is 30.0 Å². The van der Waals surface area contributed by atoms with Gasteiger partial charge in [-0.2, -0.15) is 22.5 Å². The molecule has 0 saturated heterocycles. The van der Waals surface area contributed by atoms with Crippen LogP contribution in [0.1, 0.15) is 25.0 Å². The number of anilines is 2. The minimum absolute atomic E-state index is 0.195.